The number of rotatable bonds is 8. The Morgan fingerprint density at radius 2 is 1.97 bits per heavy atom. The minimum atomic E-state index is -0.331. The summed E-state index contributed by atoms with van der Waals surface area (Å²) in [4.78, 5) is 25.8. The zero-order valence-corrected chi connectivity index (χ0v) is 17.0. The van der Waals surface area contributed by atoms with E-state index in [4.69, 9.17) is 0 Å². The van der Waals surface area contributed by atoms with E-state index >= 15 is 0 Å². The van der Waals surface area contributed by atoms with Crippen LogP contribution in [-0.4, -0.2) is 26.1 Å². The molecule has 1 atom stereocenters. The summed E-state index contributed by atoms with van der Waals surface area (Å²) in [6.45, 7) is 1.99. The average Bonchev–Trinajstić information content (AvgIpc) is 3.59. The smallest absolute Gasteiger partial charge is 0.233 e. The fourth-order valence-electron chi connectivity index (χ4n) is 2.98. The third-order valence-corrected chi connectivity index (χ3v) is 5.85. The van der Waals surface area contributed by atoms with Gasteiger partial charge in [-0.3, -0.25) is 14.5 Å². The Morgan fingerprint density at radius 3 is 2.66 bits per heavy atom. The first-order valence-electron chi connectivity index (χ1n) is 9.79. The lowest BCUT2D eigenvalue weighted by molar-refractivity contribution is -0.117. The van der Waals surface area contributed by atoms with Crippen LogP contribution in [0.2, 0.25) is 0 Å². The van der Waals surface area contributed by atoms with Gasteiger partial charge in [0.05, 0.1) is 11.6 Å². The molecule has 0 bridgehead atoms. The monoisotopic (exact) mass is 405 g/mol. The van der Waals surface area contributed by atoms with E-state index in [1.54, 1.807) is 24.3 Å². The van der Waals surface area contributed by atoms with Crippen LogP contribution in [0.3, 0.4) is 0 Å². The SMILES string of the molecule is CCC(C(=O)Nc1ccc(-c2cccnc2)cc1)c1ccnc(NSC2CC2)n1. The number of nitrogens with one attached hydrogen (secondary N) is 2. The van der Waals surface area contributed by atoms with E-state index in [2.05, 4.69) is 25.0 Å². The van der Waals surface area contributed by atoms with Gasteiger partial charge >= 0.3 is 0 Å². The molecule has 6 nitrogen and oxygen atoms in total. The summed E-state index contributed by atoms with van der Waals surface area (Å²) >= 11 is 1.65. The number of amides is 1. The zero-order valence-electron chi connectivity index (χ0n) is 16.2. The third kappa shape index (κ3) is 5.12. The molecule has 0 aliphatic heterocycles. The average molecular weight is 406 g/mol. The quantitative estimate of drug-likeness (QED) is 0.519. The topological polar surface area (TPSA) is 79.8 Å². The van der Waals surface area contributed by atoms with Crippen LogP contribution in [0, 0.1) is 0 Å². The van der Waals surface area contributed by atoms with E-state index in [0.29, 0.717) is 17.6 Å². The Kier molecular flexibility index (Phi) is 6.05. The minimum Gasteiger partial charge on any atom is -0.326 e. The third-order valence-electron chi connectivity index (χ3n) is 4.75. The van der Waals surface area contributed by atoms with Crippen LogP contribution in [0.25, 0.3) is 11.1 Å². The van der Waals surface area contributed by atoms with Crippen LogP contribution in [0.5, 0.6) is 0 Å². The molecular formula is C22H23N5OS. The molecule has 29 heavy (non-hydrogen) atoms. The number of hydrogen-bond donors (Lipinski definition) is 2. The van der Waals surface area contributed by atoms with Crippen molar-refractivity contribution in [2.75, 3.05) is 10.0 Å². The van der Waals surface area contributed by atoms with Crippen molar-refractivity contribution in [2.24, 2.45) is 0 Å². The lowest BCUT2D eigenvalue weighted by Gasteiger charge is -2.15. The van der Waals surface area contributed by atoms with Gasteiger partial charge < -0.3 is 5.32 Å². The second-order valence-electron chi connectivity index (χ2n) is 6.99. The molecule has 2 aromatic heterocycles. The second kappa shape index (κ2) is 9.05. The molecule has 1 amide bonds. The molecule has 0 spiro atoms. The van der Waals surface area contributed by atoms with Crippen molar-refractivity contribution in [2.45, 2.75) is 37.4 Å². The summed E-state index contributed by atoms with van der Waals surface area (Å²) in [5.74, 6) is 0.162. The maximum absolute atomic E-state index is 12.9. The molecule has 1 saturated carbocycles. The Hall–Kier alpha value is -2.93. The standard InChI is InChI=1S/C22H23N5OS/c1-2-19(20-11-13-24-22(26-20)27-29-18-9-10-18)21(28)25-17-7-5-15(6-8-17)16-4-3-12-23-14-16/h3-8,11-14,18-19H,2,9-10H2,1H3,(H,25,28)(H,24,26,27). The lowest BCUT2D eigenvalue weighted by Crippen LogP contribution is -2.21. The molecule has 1 aromatic carbocycles. The number of carbonyl (C=O) groups excluding carboxylic acids is 1. The predicted molar refractivity (Wildman–Crippen MR) is 118 cm³/mol. The van der Waals surface area contributed by atoms with Crippen LogP contribution in [0.4, 0.5) is 11.6 Å². The molecule has 7 heteroatoms. The van der Waals surface area contributed by atoms with E-state index in [1.807, 2.05) is 55.6 Å². The first-order chi connectivity index (χ1) is 14.2. The maximum Gasteiger partial charge on any atom is 0.233 e. The fourth-order valence-corrected chi connectivity index (χ4v) is 3.72. The normalized spacial score (nSPS) is 14.2. The molecule has 1 unspecified atom stereocenters. The van der Waals surface area contributed by atoms with E-state index in [-0.39, 0.29) is 11.8 Å². The molecule has 1 aliphatic rings. The highest BCUT2D eigenvalue weighted by Crippen LogP contribution is 2.34. The molecule has 0 radical (unpaired) electrons. The van der Waals surface area contributed by atoms with Crippen LogP contribution in [-0.2, 0) is 4.79 Å². The highest BCUT2D eigenvalue weighted by atomic mass is 32.2. The molecule has 148 valence electrons. The van der Waals surface area contributed by atoms with Crippen molar-refractivity contribution in [1.29, 1.82) is 0 Å². The number of pyridine rings is 1. The number of carbonyl (C=O) groups is 1. The highest BCUT2D eigenvalue weighted by Gasteiger charge is 2.24. The Morgan fingerprint density at radius 1 is 1.14 bits per heavy atom. The van der Waals surface area contributed by atoms with Gasteiger partial charge in [-0.15, -0.1) is 0 Å². The molecule has 2 heterocycles. The highest BCUT2D eigenvalue weighted by molar-refractivity contribution is 8.01. The van der Waals surface area contributed by atoms with Gasteiger partial charge in [-0.1, -0.05) is 25.1 Å². The van der Waals surface area contributed by atoms with Crippen LogP contribution in [0.15, 0.2) is 61.1 Å². The van der Waals surface area contributed by atoms with E-state index in [1.165, 1.54) is 12.8 Å². The molecular weight excluding hydrogens is 382 g/mol. The summed E-state index contributed by atoms with van der Waals surface area (Å²) in [5.41, 5.74) is 3.59. The largest absolute Gasteiger partial charge is 0.326 e. The fraction of sp³-hybridized carbons (Fsp3) is 0.273. The number of benzene rings is 1. The Balaban J connectivity index is 1.43. The summed E-state index contributed by atoms with van der Waals surface area (Å²) in [6, 6.07) is 13.5. The van der Waals surface area contributed by atoms with E-state index < -0.39 is 0 Å². The van der Waals surface area contributed by atoms with Crippen LogP contribution < -0.4 is 10.0 Å². The maximum atomic E-state index is 12.9. The molecule has 1 aliphatic carbocycles. The number of aromatic nitrogens is 3. The summed E-state index contributed by atoms with van der Waals surface area (Å²) in [6.07, 6.45) is 8.40. The van der Waals surface area contributed by atoms with E-state index in [9.17, 15) is 4.79 Å². The van der Waals surface area contributed by atoms with Crippen molar-refractivity contribution in [1.82, 2.24) is 15.0 Å². The van der Waals surface area contributed by atoms with Crippen LogP contribution in [0.1, 0.15) is 37.8 Å². The molecule has 0 saturated heterocycles. The van der Waals surface area contributed by atoms with Gasteiger partial charge in [0.2, 0.25) is 11.9 Å². The van der Waals surface area contributed by atoms with Gasteiger partial charge in [-0.05, 0) is 66.6 Å². The van der Waals surface area contributed by atoms with Crippen LogP contribution >= 0.6 is 11.9 Å². The second-order valence-corrected chi connectivity index (χ2v) is 8.10. The molecule has 1 fully saturated rings. The summed E-state index contributed by atoms with van der Waals surface area (Å²) in [7, 11) is 0. The first kappa shape index (κ1) is 19.4. The van der Waals surface area contributed by atoms with Gasteiger partial charge in [0, 0.05) is 29.5 Å². The van der Waals surface area contributed by atoms with Crippen molar-refractivity contribution >= 4 is 29.5 Å². The minimum absolute atomic E-state index is 0.0684. The van der Waals surface area contributed by atoms with Gasteiger partial charge in [0.1, 0.15) is 0 Å². The van der Waals surface area contributed by atoms with Gasteiger partial charge in [-0.2, -0.15) is 0 Å². The number of nitrogens with zero attached hydrogens (tertiary/aromatic N) is 3. The lowest BCUT2D eigenvalue weighted by atomic mass is 10.0. The summed E-state index contributed by atoms with van der Waals surface area (Å²) < 4.78 is 3.19. The Bertz CT molecular complexity index is 960. The van der Waals surface area contributed by atoms with Gasteiger partial charge in [0.25, 0.3) is 0 Å². The van der Waals surface area contributed by atoms with Crippen molar-refractivity contribution in [3.05, 3.63) is 66.7 Å². The molecule has 4 rings (SSSR count). The van der Waals surface area contributed by atoms with Crippen molar-refractivity contribution in [3.63, 3.8) is 0 Å². The van der Waals surface area contributed by atoms with Crippen molar-refractivity contribution in [3.8, 4) is 11.1 Å². The number of hydrogen-bond acceptors (Lipinski definition) is 6. The zero-order chi connectivity index (χ0) is 20.1. The number of anilines is 2. The molecule has 3 aromatic rings. The van der Waals surface area contributed by atoms with Gasteiger partial charge in [-0.25, -0.2) is 9.97 Å². The van der Waals surface area contributed by atoms with Gasteiger partial charge in [0.15, 0.2) is 0 Å². The predicted octanol–water partition coefficient (Wildman–Crippen LogP) is 4.89. The molecule has 2 N–H and O–H groups in total. The summed E-state index contributed by atoms with van der Waals surface area (Å²) in [5, 5.41) is 3.66. The van der Waals surface area contributed by atoms with Crippen molar-refractivity contribution < 1.29 is 4.79 Å². The Labute approximate surface area is 174 Å². The van der Waals surface area contributed by atoms with E-state index in [0.717, 1.165) is 22.5 Å². The first-order valence-corrected chi connectivity index (χ1v) is 10.7.